The molecule has 162 valence electrons. The molecule has 1 aromatic heterocycles. The Morgan fingerprint density at radius 2 is 1.77 bits per heavy atom. The lowest BCUT2D eigenvalue weighted by molar-refractivity contribution is -0.154. The van der Waals surface area contributed by atoms with Gasteiger partial charge in [0.2, 0.25) is 0 Å². The lowest BCUT2D eigenvalue weighted by Crippen LogP contribution is -2.36. The monoisotopic (exact) mass is 435 g/mol. The molecule has 3 aromatic rings. The molecular formula is C20H16F3N3O5. The molecule has 2 N–H and O–H groups in total. The predicted octanol–water partition coefficient (Wildman–Crippen LogP) is 2.28. The second-order valence-corrected chi connectivity index (χ2v) is 6.58. The number of hydrogen-bond acceptors (Lipinski definition) is 5. The number of ether oxygens (including phenoxy) is 1. The van der Waals surface area contributed by atoms with Crippen molar-refractivity contribution in [2.75, 3.05) is 5.32 Å². The number of H-pyrrole nitrogens is 1. The Morgan fingerprint density at radius 1 is 1.10 bits per heavy atom. The number of anilines is 1. The number of hydrogen-bond donors (Lipinski definition) is 2. The molecule has 0 saturated carbocycles. The van der Waals surface area contributed by atoms with Crippen LogP contribution in [0.5, 0.6) is 0 Å². The van der Waals surface area contributed by atoms with Gasteiger partial charge < -0.3 is 10.1 Å². The Morgan fingerprint density at radius 3 is 2.45 bits per heavy atom. The van der Waals surface area contributed by atoms with Gasteiger partial charge in [0.1, 0.15) is 6.54 Å². The highest BCUT2D eigenvalue weighted by atomic mass is 19.4. The van der Waals surface area contributed by atoms with Crippen LogP contribution in [-0.4, -0.2) is 27.8 Å². The van der Waals surface area contributed by atoms with Crippen molar-refractivity contribution >= 4 is 28.3 Å². The van der Waals surface area contributed by atoms with Crippen LogP contribution in [0.4, 0.5) is 18.9 Å². The topological polar surface area (TPSA) is 110 Å². The first-order chi connectivity index (χ1) is 14.6. The third-order valence-corrected chi connectivity index (χ3v) is 4.31. The fourth-order valence-electron chi connectivity index (χ4n) is 2.79. The molecule has 0 aliphatic carbocycles. The maximum absolute atomic E-state index is 12.8. The standard InChI is InChI=1S/C20H16F3N3O5/c1-11(17(28)24-13-6-4-5-12(9-13)20(21,22)23)31-16(27)10-26-19(30)15-8-3-2-7-14(15)18(29)25-26/h2-9,11H,10H2,1H3,(H,24,28)(H,25,29). The lowest BCUT2D eigenvalue weighted by atomic mass is 10.2. The lowest BCUT2D eigenvalue weighted by Gasteiger charge is -2.15. The molecule has 1 atom stereocenters. The number of benzene rings is 2. The molecule has 0 aliphatic heterocycles. The zero-order valence-corrected chi connectivity index (χ0v) is 16.0. The van der Waals surface area contributed by atoms with Crippen molar-refractivity contribution in [1.29, 1.82) is 0 Å². The minimum Gasteiger partial charge on any atom is -0.451 e. The summed E-state index contributed by atoms with van der Waals surface area (Å²) < 4.78 is 44.0. The number of nitrogens with zero attached hydrogens (tertiary/aromatic N) is 1. The van der Waals surface area contributed by atoms with E-state index < -0.39 is 47.4 Å². The van der Waals surface area contributed by atoms with Crippen molar-refractivity contribution in [3.8, 4) is 0 Å². The zero-order valence-electron chi connectivity index (χ0n) is 16.0. The molecule has 3 rings (SSSR count). The SMILES string of the molecule is CC(OC(=O)Cn1[nH]c(=O)c2ccccc2c1=O)C(=O)Nc1cccc(C(F)(F)F)c1. The van der Waals surface area contributed by atoms with E-state index in [-0.39, 0.29) is 16.5 Å². The molecule has 0 saturated heterocycles. The van der Waals surface area contributed by atoms with Crippen LogP contribution in [-0.2, 0) is 27.0 Å². The Bertz CT molecular complexity index is 1260. The number of aromatic amines is 1. The Balaban J connectivity index is 1.68. The molecule has 0 spiro atoms. The second-order valence-electron chi connectivity index (χ2n) is 6.58. The predicted molar refractivity (Wildman–Crippen MR) is 104 cm³/mol. The summed E-state index contributed by atoms with van der Waals surface area (Å²) in [5.74, 6) is -1.87. The first kappa shape index (κ1) is 21.8. The average molecular weight is 435 g/mol. The maximum Gasteiger partial charge on any atom is 0.416 e. The van der Waals surface area contributed by atoms with Crippen molar-refractivity contribution in [3.05, 3.63) is 74.8 Å². The van der Waals surface area contributed by atoms with Crippen LogP contribution in [0.15, 0.2) is 58.1 Å². The molecule has 31 heavy (non-hydrogen) atoms. The summed E-state index contributed by atoms with van der Waals surface area (Å²) in [6, 6.07) is 10.00. The molecule has 2 aromatic carbocycles. The van der Waals surface area contributed by atoms with Gasteiger partial charge in [0.25, 0.3) is 17.0 Å². The highest BCUT2D eigenvalue weighted by molar-refractivity contribution is 5.95. The van der Waals surface area contributed by atoms with Gasteiger partial charge in [-0.25, -0.2) is 4.68 Å². The highest BCUT2D eigenvalue weighted by Gasteiger charge is 2.30. The number of fused-ring (bicyclic) bond motifs is 1. The highest BCUT2D eigenvalue weighted by Crippen LogP contribution is 2.30. The normalized spacial score (nSPS) is 12.4. The van der Waals surface area contributed by atoms with Crippen molar-refractivity contribution in [3.63, 3.8) is 0 Å². The largest absolute Gasteiger partial charge is 0.451 e. The summed E-state index contributed by atoms with van der Waals surface area (Å²) in [5, 5.41) is 4.74. The number of nitrogens with one attached hydrogen (secondary N) is 2. The maximum atomic E-state index is 12.8. The number of alkyl halides is 3. The van der Waals surface area contributed by atoms with E-state index in [1.807, 2.05) is 0 Å². The van der Waals surface area contributed by atoms with Crippen LogP contribution < -0.4 is 16.4 Å². The molecule has 1 heterocycles. The van der Waals surface area contributed by atoms with Crippen LogP contribution in [0.1, 0.15) is 12.5 Å². The third kappa shape index (κ3) is 5.00. The van der Waals surface area contributed by atoms with E-state index in [9.17, 15) is 32.3 Å². The molecule has 0 fully saturated rings. The first-order valence-corrected chi connectivity index (χ1v) is 8.96. The number of amides is 1. The van der Waals surface area contributed by atoms with E-state index in [1.165, 1.54) is 25.1 Å². The van der Waals surface area contributed by atoms with E-state index >= 15 is 0 Å². The summed E-state index contributed by atoms with van der Waals surface area (Å²) in [4.78, 5) is 48.8. The summed E-state index contributed by atoms with van der Waals surface area (Å²) in [6.07, 6.45) is -5.95. The van der Waals surface area contributed by atoms with Gasteiger partial charge >= 0.3 is 12.1 Å². The van der Waals surface area contributed by atoms with Gasteiger partial charge in [-0.2, -0.15) is 13.2 Å². The Hall–Kier alpha value is -3.89. The molecule has 0 bridgehead atoms. The first-order valence-electron chi connectivity index (χ1n) is 8.96. The number of carbonyl (C=O) groups is 2. The Kier molecular flexibility index (Phi) is 5.95. The van der Waals surface area contributed by atoms with Crippen LogP contribution in [0.25, 0.3) is 10.8 Å². The summed E-state index contributed by atoms with van der Waals surface area (Å²) >= 11 is 0. The van der Waals surface area contributed by atoms with Crippen molar-refractivity contribution in [2.24, 2.45) is 0 Å². The average Bonchev–Trinajstić information content (AvgIpc) is 2.71. The van der Waals surface area contributed by atoms with E-state index in [0.717, 1.165) is 22.9 Å². The summed E-state index contributed by atoms with van der Waals surface area (Å²) in [6.45, 7) is 0.548. The Labute approximate surface area is 172 Å². The number of halogens is 3. The number of rotatable bonds is 5. The van der Waals surface area contributed by atoms with Gasteiger partial charge in [-0.1, -0.05) is 18.2 Å². The van der Waals surface area contributed by atoms with Gasteiger partial charge in [0.15, 0.2) is 6.10 Å². The molecule has 0 radical (unpaired) electrons. The van der Waals surface area contributed by atoms with Crippen LogP contribution in [0, 0.1) is 0 Å². The van der Waals surface area contributed by atoms with Crippen molar-refractivity contribution in [2.45, 2.75) is 25.7 Å². The van der Waals surface area contributed by atoms with Gasteiger partial charge in [-0.15, -0.1) is 0 Å². The quantitative estimate of drug-likeness (QED) is 0.598. The summed E-state index contributed by atoms with van der Waals surface area (Å²) in [5.41, 5.74) is -2.29. The van der Waals surface area contributed by atoms with Gasteiger partial charge in [0.05, 0.1) is 16.3 Å². The molecule has 1 unspecified atom stereocenters. The second kappa shape index (κ2) is 8.46. The molecule has 0 aliphatic rings. The smallest absolute Gasteiger partial charge is 0.416 e. The number of esters is 1. The van der Waals surface area contributed by atoms with Crippen molar-refractivity contribution < 1.29 is 27.5 Å². The molecule has 11 heteroatoms. The van der Waals surface area contributed by atoms with E-state index in [4.69, 9.17) is 4.74 Å². The van der Waals surface area contributed by atoms with E-state index in [1.54, 1.807) is 12.1 Å². The minimum absolute atomic E-state index is 0.106. The van der Waals surface area contributed by atoms with Crippen LogP contribution in [0.3, 0.4) is 0 Å². The van der Waals surface area contributed by atoms with E-state index in [2.05, 4.69) is 10.4 Å². The van der Waals surface area contributed by atoms with Gasteiger partial charge in [-0.3, -0.25) is 24.3 Å². The number of carbonyl (C=O) groups excluding carboxylic acids is 2. The zero-order chi connectivity index (χ0) is 22.8. The van der Waals surface area contributed by atoms with Crippen LogP contribution in [0.2, 0.25) is 0 Å². The van der Waals surface area contributed by atoms with Gasteiger partial charge in [0, 0.05) is 5.69 Å². The van der Waals surface area contributed by atoms with Crippen LogP contribution >= 0.6 is 0 Å². The molecule has 1 amide bonds. The minimum atomic E-state index is -4.58. The number of aromatic nitrogens is 2. The molecule has 8 nitrogen and oxygen atoms in total. The fraction of sp³-hybridized carbons (Fsp3) is 0.200. The van der Waals surface area contributed by atoms with E-state index in [0.29, 0.717) is 0 Å². The molecular weight excluding hydrogens is 419 g/mol. The fourth-order valence-corrected chi connectivity index (χ4v) is 2.79. The van der Waals surface area contributed by atoms with Crippen molar-refractivity contribution in [1.82, 2.24) is 9.78 Å². The third-order valence-electron chi connectivity index (χ3n) is 4.31. The van der Waals surface area contributed by atoms with Gasteiger partial charge in [-0.05, 0) is 37.3 Å². The summed E-state index contributed by atoms with van der Waals surface area (Å²) in [7, 11) is 0.